The van der Waals surface area contributed by atoms with Crippen molar-refractivity contribution in [3.63, 3.8) is 0 Å². The molecule has 4 nitrogen and oxygen atoms in total. The van der Waals surface area contributed by atoms with Crippen LogP contribution in [0.25, 0.3) is 0 Å². The lowest BCUT2D eigenvalue weighted by atomic mass is 10.0. The number of hydrogen-bond acceptors (Lipinski definition) is 3. The van der Waals surface area contributed by atoms with E-state index in [1.54, 1.807) is 19.1 Å². The van der Waals surface area contributed by atoms with Gasteiger partial charge >= 0.3 is 0 Å². The molecule has 0 spiro atoms. The number of hydrogen-bond donors (Lipinski definition) is 2. The number of hydrazine groups is 1. The third kappa shape index (κ3) is 2.19. The van der Waals surface area contributed by atoms with Gasteiger partial charge < -0.3 is 5.73 Å². The predicted molar refractivity (Wildman–Crippen MR) is 47.1 cm³/mol. The van der Waals surface area contributed by atoms with E-state index in [1.807, 2.05) is 0 Å². The maximum Gasteiger partial charge on any atom is 0.238 e. The van der Waals surface area contributed by atoms with E-state index in [0.717, 1.165) is 19.3 Å². The number of nitrogens with two attached hydrogens (primary N) is 1. The van der Waals surface area contributed by atoms with Crippen LogP contribution in [-0.2, 0) is 4.79 Å². The summed E-state index contributed by atoms with van der Waals surface area (Å²) in [6, 6.07) is 0.0601. The maximum atomic E-state index is 11.4. The van der Waals surface area contributed by atoms with Gasteiger partial charge in [-0.2, -0.15) is 0 Å². The summed E-state index contributed by atoms with van der Waals surface area (Å²) in [5.74, 6) is 0.0809. The lowest BCUT2D eigenvalue weighted by Gasteiger charge is -2.18. The second-order valence-electron chi connectivity index (χ2n) is 3.57. The summed E-state index contributed by atoms with van der Waals surface area (Å²) in [4.78, 5) is 11.4. The van der Waals surface area contributed by atoms with Crippen LogP contribution in [0.5, 0.6) is 0 Å². The van der Waals surface area contributed by atoms with E-state index in [0.29, 0.717) is 0 Å². The van der Waals surface area contributed by atoms with Crippen molar-refractivity contribution >= 4 is 5.91 Å². The average Bonchev–Trinajstić information content (AvgIpc) is 2.33. The molecule has 0 heterocycles. The van der Waals surface area contributed by atoms with Crippen molar-refractivity contribution < 1.29 is 4.79 Å². The van der Waals surface area contributed by atoms with E-state index in [1.165, 1.54) is 0 Å². The molecular formula is C8H17N3O. The van der Waals surface area contributed by atoms with Gasteiger partial charge in [0.2, 0.25) is 5.91 Å². The van der Waals surface area contributed by atoms with Gasteiger partial charge in [-0.05, 0) is 12.8 Å². The van der Waals surface area contributed by atoms with Crippen LogP contribution in [0.15, 0.2) is 0 Å². The lowest BCUT2D eigenvalue weighted by molar-refractivity contribution is -0.129. The fourth-order valence-electron chi connectivity index (χ4n) is 1.62. The van der Waals surface area contributed by atoms with Crippen molar-refractivity contribution in [3.8, 4) is 0 Å². The Morgan fingerprint density at radius 2 is 2.17 bits per heavy atom. The molecule has 0 aliphatic heterocycles. The SMILES string of the molecule is CN(C)NC(=O)C1CCCC1N. The average molecular weight is 171 g/mol. The highest BCUT2D eigenvalue weighted by atomic mass is 16.2. The molecule has 70 valence electrons. The summed E-state index contributed by atoms with van der Waals surface area (Å²) < 4.78 is 0. The minimum absolute atomic E-state index is 0.0207. The molecule has 4 heteroatoms. The highest BCUT2D eigenvalue weighted by Gasteiger charge is 2.30. The summed E-state index contributed by atoms with van der Waals surface area (Å²) >= 11 is 0. The summed E-state index contributed by atoms with van der Waals surface area (Å²) in [7, 11) is 3.61. The smallest absolute Gasteiger partial charge is 0.238 e. The van der Waals surface area contributed by atoms with Gasteiger partial charge in [-0.15, -0.1) is 0 Å². The van der Waals surface area contributed by atoms with Gasteiger partial charge in [0.05, 0.1) is 5.92 Å². The number of rotatable bonds is 2. The Kier molecular flexibility index (Phi) is 3.05. The molecule has 12 heavy (non-hydrogen) atoms. The molecule has 0 saturated heterocycles. The molecule has 2 atom stereocenters. The topological polar surface area (TPSA) is 58.4 Å². The number of nitrogens with zero attached hydrogens (tertiary/aromatic N) is 1. The standard InChI is InChI=1S/C8H17N3O/c1-11(2)10-8(12)6-4-3-5-7(6)9/h6-7H,3-5,9H2,1-2H3,(H,10,12). The number of amides is 1. The molecule has 0 aromatic carbocycles. The minimum Gasteiger partial charge on any atom is -0.327 e. The Bertz CT molecular complexity index is 170. The molecule has 1 rings (SSSR count). The molecule has 0 aromatic rings. The van der Waals surface area contributed by atoms with Crippen molar-refractivity contribution in [2.75, 3.05) is 14.1 Å². The van der Waals surface area contributed by atoms with Crippen LogP contribution >= 0.6 is 0 Å². The number of nitrogens with one attached hydrogen (secondary N) is 1. The predicted octanol–water partition coefficient (Wildman–Crippen LogP) is -0.293. The van der Waals surface area contributed by atoms with E-state index >= 15 is 0 Å². The van der Waals surface area contributed by atoms with Gasteiger partial charge in [0.1, 0.15) is 0 Å². The van der Waals surface area contributed by atoms with Crippen LogP contribution in [0, 0.1) is 5.92 Å². The van der Waals surface area contributed by atoms with Crippen molar-refractivity contribution in [2.45, 2.75) is 25.3 Å². The Balaban J connectivity index is 2.41. The molecule has 1 amide bonds. The second-order valence-corrected chi connectivity index (χ2v) is 3.57. The van der Waals surface area contributed by atoms with E-state index in [9.17, 15) is 4.79 Å². The van der Waals surface area contributed by atoms with Gasteiger partial charge in [-0.1, -0.05) is 6.42 Å². The van der Waals surface area contributed by atoms with Crippen LogP contribution in [0.1, 0.15) is 19.3 Å². The first-order valence-corrected chi connectivity index (χ1v) is 4.34. The van der Waals surface area contributed by atoms with E-state index in [-0.39, 0.29) is 17.9 Å². The van der Waals surface area contributed by atoms with Gasteiger partial charge in [-0.25, -0.2) is 5.01 Å². The Morgan fingerprint density at radius 3 is 2.58 bits per heavy atom. The van der Waals surface area contributed by atoms with Gasteiger partial charge in [0.25, 0.3) is 0 Å². The zero-order valence-corrected chi connectivity index (χ0v) is 7.71. The molecule has 1 saturated carbocycles. The van der Waals surface area contributed by atoms with Crippen LogP contribution in [0.4, 0.5) is 0 Å². The normalized spacial score (nSPS) is 29.3. The van der Waals surface area contributed by atoms with Crippen LogP contribution in [0.2, 0.25) is 0 Å². The highest BCUT2D eigenvalue weighted by molar-refractivity contribution is 5.79. The maximum absolute atomic E-state index is 11.4. The summed E-state index contributed by atoms with van der Waals surface area (Å²) in [5.41, 5.74) is 8.51. The Hall–Kier alpha value is -0.610. The van der Waals surface area contributed by atoms with Gasteiger partial charge in [0, 0.05) is 20.1 Å². The fraction of sp³-hybridized carbons (Fsp3) is 0.875. The van der Waals surface area contributed by atoms with Gasteiger partial charge in [-0.3, -0.25) is 10.2 Å². The third-order valence-corrected chi connectivity index (χ3v) is 2.24. The zero-order chi connectivity index (χ0) is 9.14. The molecule has 1 aliphatic carbocycles. The summed E-state index contributed by atoms with van der Waals surface area (Å²) in [6.45, 7) is 0. The third-order valence-electron chi connectivity index (χ3n) is 2.24. The molecule has 1 aliphatic rings. The molecule has 0 radical (unpaired) electrons. The van der Waals surface area contributed by atoms with Crippen molar-refractivity contribution in [2.24, 2.45) is 11.7 Å². The largest absolute Gasteiger partial charge is 0.327 e. The van der Waals surface area contributed by atoms with E-state index < -0.39 is 0 Å². The summed E-state index contributed by atoms with van der Waals surface area (Å²) in [5, 5.41) is 1.66. The Morgan fingerprint density at radius 1 is 1.50 bits per heavy atom. The molecule has 3 N–H and O–H groups in total. The molecule has 1 fully saturated rings. The van der Waals surface area contributed by atoms with Gasteiger partial charge in [0.15, 0.2) is 0 Å². The first-order valence-electron chi connectivity index (χ1n) is 4.34. The highest BCUT2D eigenvalue weighted by Crippen LogP contribution is 2.23. The van der Waals surface area contributed by atoms with Crippen LogP contribution in [-0.4, -0.2) is 31.1 Å². The zero-order valence-electron chi connectivity index (χ0n) is 7.71. The first kappa shape index (κ1) is 9.48. The number of carbonyl (C=O) groups is 1. The second kappa shape index (κ2) is 3.87. The monoisotopic (exact) mass is 171 g/mol. The molecule has 0 bridgehead atoms. The van der Waals surface area contributed by atoms with Crippen molar-refractivity contribution in [1.29, 1.82) is 0 Å². The first-order chi connectivity index (χ1) is 5.61. The summed E-state index contributed by atoms with van der Waals surface area (Å²) in [6.07, 6.45) is 2.99. The van der Waals surface area contributed by atoms with Crippen molar-refractivity contribution in [1.82, 2.24) is 10.4 Å². The van der Waals surface area contributed by atoms with E-state index in [4.69, 9.17) is 5.73 Å². The lowest BCUT2D eigenvalue weighted by Crippen LogP contribution is -2.44. The Labute approximate surface area is 73.1 Å². The molecule has 0 aromatic heterocycles. The minimum atomic E-state index is 0.0207. The fourth-order valence-corrected chi connectivity index (χ4v) is 1.62. The molecular weight excluding hydrogens is 154 g/mol. The van der Waals surface area contributed by atoms with E-state index in [2.05, 4.69) is 5.43 Å². The quantitative estimate of drug-likeness (QED) is 0.561. The molecule has 2 unspecified atom stereocenters. The van der Waals surface area contributed by atoms with Crippen LogP contribution in [0.3, 0.4) is 0 Å². The number of carbonyl (C=O) groups excluding carboxylic acids is 1. The van der Waals surface area contributed by atoms with Crippen LogP contribution < -0.4 is 11.2 Å². The van der Waals surface area contributed by atoms with Crippen molar-refractivity contribution in [3.05, 3.63) is 0 Å².